The van der Waals surface area contributed by atoms with Crippen molar-refractivity contribution in [3.8, 4) is 11.5 Å². The van der Waals surface area contributed by atoms with E-state index in [1.165, 1.54) is 25.3 Å². The van der Waals surface area contributed by atoms with Crippen molar-refractivity contribution in [3.05, 3.63) is 59.2 Å². The number of imide groups is 1. The number of benzene rings is 2. The van der Waals surface area contributed by atoms with Crippen LogP contribution in [0.4, 0.5) is 0 Å². The van der Waals surface area contributed by atoms with Gasteiger partial charge in [-0.25, -0.2) is 0 Å². The van der Waals surface area contributed by atoms with Crippen molar-refractivity contribution in [2.75, 3.05) is 13.7 Å². The average molecular weight is 353 g/mol. The number of phenolic OH excluding ortho intramolecular Hbond substituents is 1. The van der Waals surface area contributed by atoms with Crippen LogP contribution in [0.3, 0.4) is 0 Å². The fraction of sp³-hybridized carbons (Fsp3) is 0.105. The second-order valence-electron chi connectivity index (χ2n) is 5.63. The minimum absolute atomic E-state index is 0.100. The molecule has 1 aliphatic heterocycles. The van der Waals surface area contributed by atoms with Crippen LogP contribution >= 0.6 is 0 Å². The van der Waals surface area contributed by atoms with Gasteiger partial charge in [-0.3, -0.25) is 19.3 Å². The van der Waals surface area contributed by atoms with Gasteiger partial charge in [-0.1, -0.05) is 24.3 Å². The summed E-state index contributed by atoms with van der Waals surface area (Å²) in [7, 11) is 1.42. The van der Waals surface area contributed by atoms with Gasteiger partial charge in [-0.2, -0.15) is 0 Å². The Kier molecular flexibility index (Phi) is 4.45. The van der Waals surface area contributed by atoms with Crippen molar-refractivity contribution < 1.29 is 29.3 Å². The summed E-state index contributed by atoms with van der Waals surface area (Å²) in [5, 5.41) is 18.9. The maximum atomic E-state index is 12.7. The molecule has 0 bridgehead atoms. The number of carboxylic acids is 1. The average Bonchev–Trinajstić information content (AvgIpc) is 2.62. The van der Waals surface area contributed by atoms with Gasteiger partial charge in [0.2, 0.25) is 0 Å². The highest BCUT2D eigenvalue weighted by molar-refractivity contribution is 6.34. The molecule has 26 heavy (non-hydrogen) atoms. The van der Waals surface area contributed by atoms with Gasteiger partial charge in [0.1, 0.15) is 6.54 Å². The Hall–Kier alpha value is -3.61. The predicted octanol–water partition coefficient (Wildman–Crippen LogP) is 2.01. The zero-order valence-electron chi connectivity index (χ0n) is 13.8. The molecule has 2 aromatic rings. The monoisotopic (exact) mass is 353 g/mol. The molecule has 2 aromatic carbocycles. The fourth-order valence-corrected chi connectivity index (χ4v) is 2.78. The minimum Gasteiger partial charge on any atom is -0.504 e. The molecule has 7 heteroatoms. The Balaban J connectivity index is 2.13. The van der Waals surface area contributed by atoms with Gasteiger partial charge in [0.05, 0.1) is 7.11 Å². The first-order valence-electron chi connectivity index (χ1n) is 7.68. The van der Waals surface area contributed by atoms with E-state index >= 15 is 0 Å². The fourth-order valence-electron chi connectivity index (χ4n) is 2.78. The lowest BCUT2D eigenvalue weighted by Gasteiger charge is -2.27. The van der Waals surface area contributed by atoms with E-state index in [2.05, 4.69) is 0 Å². The third-order valence-corrected chi connectivity index (χ3v) is 3.98. The number of carbonyl (C=O) groups is 3. The summed E-state index contributed by atoms with van der Waals surface area (Å²) >= 11 is 0. The molecular weight excluding hydrogens is 338 g/mol. The number of aromatic hydroxyl groups is 1. The summed E-state index contributed by atoms with van der Waals surface area (Å²) in [5.74, 6) is -2.45. The van der Waals surface area contributed by atoms with Crippen LogP contribution in [0.15, 0.2) is 42.5 Å². The van der Waals surface area contributed by atoms with Crippen LogP contribution < -0.4 is 4.74 Å². The van der Waals surface area contributed by atoms with Crippen LogP contribution in [0.2, 0.25) is 0 Å². The van der Waals surface area contributed by atoms with E-state index in [1.54, 1.807) is 30.3 Å². The SMILES string of the molecule is COc1ccc(/C=C2\C(=O)N(CC(=O)O)C(=O)c3ccccc32)cc1O. The molecule has 2 N–H and O–H groups in total. The van der Waals surface area contributed by atoms with Gasteiger partial charge in [0.25, 0.3) is 11.8 Å². The van der Waals surface area contributed by atoms with Crippen LogP contribution in [-0.2, 0) is 9.59 Å². The molecule has 0 spiro atoms. The first-order chi connectivity index (χ1) is 12.4. The molecule has 0 saturated heterocycles. The summed E-state index contributed by atoms with van der Waals surface area (Å²) in [6.07, 6.45) is 1.50. The molecule has 0 atom stereocenters. The van der Waals surface area contributed by atoms with Crippen molar-refractivity contribution in [1.82, 2.24) is 4.90 Å². The summed E-state index contributed by atoms with van der Waals surface area (Å²) in [5.41, 5.74) is 1.34. The number of phenols is 1. The van der Waals surface area contributed by atoms with E-state index in [1.807, 2.05) is 0 Å². The number of fused-ring (bicyclic) bond motifs is 1. The normalized spacial score (nSPS) is 15.1. The third kappa shape index (κ3) is 3.02. The summed E-state index contributed by atoms with van der Waals surface area (Å²) in [4.78, 5) is 36.9. The molecule has 3 rings (SSSR count). The highest BCUT2D eigenvalue weighted by atomic mass is 16.5. The summed E-state index contributed by atoms with van der Waals surface area (Å²) in [6, 6.07) is 11.1. The Bertz CT molecular complexity index is 947. The van der Waals surface area contributed by atoms with E-state index in [0.717, 1.165) is 0 Å². The number of ether oxygens (including phenoxy) is 1. The number of amides is 2. The third-order valence-electron chi connectivity index (χ3n) is 3.98. The van der Waals surface area contributed by atoms with Crippen LogP contribution in [0.5, 0.6) is 11.5 Å². The van der Waals surface area contributed by atoms with Gasteiger partial charge >= 0.3 is 5.97 Å². The zero-order valence-corrected chi connectivity index (χ0v) is 13.8. The van der Waals surface area contributed by atoms with Crippen LogP contribution in [-0.4, -0.2) is 46.6 Å². The van der Waals surface area contributed by atoms with Gasteiger partial charge in [-0.15, -0.1) is 0 Å². The first-order valence-corrected chi connectivity index (χ1v) is 7.68. The van der Waals surface area contributed by atoms with Gasteiger partial charge in [-0.05, 0) is 35.4 Å². The number of carbonyl (C=O) groups excluding carboxylic acids is 2. The Morgan fingerprint density at radius 1 is 1.12 bits per heavy atom. The van der Waals surface area contributed by atoms with E-state index in [-0.39, 0.29) is 22.6 Å². The second kappa shape index (κ2) is 6.72. The molecule has 0 aromatic heterocycles. The lowest BCUT2D eigenvalue weighted by atomic mass is 9.92. The maximum Gasteiger partial charge on any atom is 0.323 e. The number of methoxy groups -OCH3 is 1. The van der Waals surface area contributed by atoms with Crippen molar-refractivity contribution in [3.63, 3.8) is 0 Å². The first kappa shape index (κ1) is 17.2. The highest BCUT2D eigenvalue weighted by Crippen LogP contribution is 2.32. The minimum atomic E-state index is -1.28. The molecule has 0 radical (unpaired) electrons. The Labute approximate surface area is 148 Å². The largest absolute Gasteiger partial charge is 0.504 e. The summed E-state index contributed by atoms with van der Waals surface area (Å²) in [6.45, 7) is -0.725. The molecular formula is C19H15NO6. The summed E-state index contributed by atoms with van der Waals surface area (Å²) < 4.78 is 4.99. The van der Waals surface area contributed by atoms with Gasteiger partial charge in [0.15, 0.2) is 11.5 Å². The molecule has 1 heterocycles. The number of rotatable bonds is 4. The van der Waals surface area contributed by atoms with Crippen molar-refractivity contribution in [2.45, 2.75) is 0 Å². The number of hydrogen-bond donors (Lipinski definition) is 2. The van der Waals surface area contributed by atoms with E-state index in [9.17, 15) is 19.5 Å². The highest BCUT2D eigenvalue weighted by Gasteiger charge is 2.35. The Morgan fingerprint density at radius 2 is 1.81 bits per heavy atom. The molecule has 0 saturated carbocycles. The number of hydrogen-bond acceptors (Lipinski definition) is 5. The quantitative estimate of drug-likeness (QED) is 0.644. The molecule has 7 nitrogen and oxygen atoms in total. The maximum absolute atomic E-state index is 12.7. The van der Waals surface area contributed by atoms with Crippen molar-refractivity contribution in [1.29, 1.82) is 0 Å². The van der Waals surface area contributed by atoms with Crippen LogP contribution in [0, 0.1) is 0 Å². The van der Waals surface area contributed by atoms with Crippen LogP contribution in [0.25, 0.3) is 11.6 Å². The second-order valence-corrected chi connectivity index (χ2v) is 5.63. The van der Waals surface area contributed by atoms with Crippen LogP contribution in [0.1, 0.15) is 21.5 Å². The lowest BCUT2D eigenvalue weighted by Crippen LogP contribution is -2.44. The molecule has 0 aliphatic carbocycles. The molecule has 1 aliphatic rings. The van der Waals surface area contributed by atoms with Crippen molar-refractivity contribution in [2.24, 2.45) is 0 Å². The Morgan fingerprint density at radius 3 is 2.42 bits per heavy atom. The van der Waals surface area contributed by atoms with Gasteiger partial charge in [0, 0.05) is 11.1 Å². The molecule has 2 amide bonds. The molecule has 0 fully saturated rings. The van der Waals surface area contributed by atoms with E-state index in [0.29, 0.717) is 16.0 Å². The standard InChI is InChI=1S/C19H15NO6/c1-26-16-7-6-11(9-15(16)21)8-14-12-4-2-3-5-13(12)18(24)20(19(14)25)10-17(22)23/h2-9,21H,10H2,1H3,(H,22,23)/b14-8-. The molecule has 0 unspecified atom stereocenters. The molecule has 132 valence electrons. The lowest BCUT2D eigenvalue weighted by molar-refractivity contribution is -0.141. The predicted molar refractivity (Wildman–Crippen MR) is 92.7 cm³/mol. The number of carboxylic acid groups (broad SMARTS) is 1. The topological polar surface area (TPSA) is 104 Å². The van der Waals surface area contributed by atoms with Crippen molar-refractivity contribution >= 4 is 29.4 Å². The van der Waals surface area contributed by atoms with Gasteiger partial charge < -0.3 is 14.9 Å². The number of aliphatic carboxylic acids is 1. The van der Waals surface area contributed by atoms with E-state index < -0.39 is 24.3 Å². The van der Waals surface area contributed by atoms with E-state index in [4.69, 9.17) is 9.84 Å². The number of nitrogens with zero attached hydrogens (tertiary/aromatic N) is 1. The smallest absolute Gasteiger partial charge is 0.323 e. The zero-order chi connectivity index (χ0) is 18.8.